The van der Waals surface area contributed by atoms with Crippen LogP contribution in [0.5, 0.6) is 5.88 Å². The van der Waals surface area contributed by atoms with Crippen LogP contribution in [0.25, 0.3) is 0 Å². The summed E-state index contributed by atoms with van der Waals surface area (Å²) < 4.78 is 16.0. The average molecular weight is 363 g/mol. The van der Waals surface area contributed by atoms with E-state index in [0.29, 0.717) is 11.4 Å². The minimum Gasteiger partial charge on any atom is -0.481 e. The van der Waals surface area contributed by atoms with Gasteiger partial charge in [-0.1, -0.05) is 0 Å². The molecule has 0 bridgehead atoms. The van der Waals surface area contributed by atoms with Gasteiger partial charge < -0.3 is 19.1 Å². The Morgan fingerprint density at radius 1 is 1.23 bits per heavy atom. The largest absolute Gasteiger partial charge is 0.481 e. The van der Waals surface area contributed by atoms with Gasteiger partial charge in [-0.15, -0.1) is 0 Å². The highest BCUT2D eigenvalue weighted by atomic mass is 16.5. The fourth-order valence-electron chi connectivity index (χ4n) is 3.53. The molecule has 0 atom stereocenters. The summed E-state index contributed by atoms with van der Waals surface area (Å²) in [5.41, 5.74) is 0.615. The summed E-state index contributed by atoms with van der Waals surface area (Å²) >= 11 is 0. The zero-order valence-corrected chi connectivity index (χ0v) is 15.6. The SMILES string of the molecule is COc1ccc(C(=O)N(CCCN2CCOCC2)C2CCOCC2)cn1. The van der Waals surface area contributed by atoms with Crippen molar-refractivity contribution in [1.82, 2.24) is 14.8 Å². The van der Waals surface area contributed by atoms with Crippen molar-refractivity contribution in [2.45, 2.75) is 25.3 Å². The Kier molecular flexibility index (Phi) is 7.22. The summed E-state index contributed by atoms with van der Waals surface area (Å²) in [7, 11) is 1.57. The number of rotatable bonds is 7. The smallest absolute Gasteiger partial charge is 0.255 e. The third-order valence-corrected chi connectivity index (χ3v) is 5.06. The number of hydrogen-bond donors (Lipinski definition) is 0. The first-order chi connectivity index (χ1) is 12.8. The van der Waals surface area contributed by atoms with Crippen LogP contribution in [0.4, 0.5) is 0 Å². The topological polar surface area (TPSA) is 64.1 Å². The van der Waals surface area contributed by atoms with Crippen molar-refractivity contribution in [3.63, 3.8) is 0 Å². The molecule has 3 heterocycles. The molecule has 1 amide bonds. The Hall–Kier alpha value is -1.70. The van der Waals surface area contributed by atoms with Crippen molar-refractivity contribution in [3.8, 4) is 5.88 Å². The molecule has 1 aromatic heterocycles. The van der Waals surface area contributed by atoms with Crippen molar-refractivity contribution in [2.24, 2.45) is 0 Å². The fraction of sp³-hybridized carbons (Fsp3) is 0.684. The van der Waals surface area contributed by atoms with Crippen LogP contribution in [0.1, 0.15) is 29.6 Å². The molecule has 1 aromatic rings. The maximum atomic E-state index is 13.1. The minimum absolute atomic E-state index is 0.0500. The Morgan fingerprint density at radius 3 is 2.62 bits per heavy atom. The Morgan fingerprint density at radius 2 is 1.96 bits per heavy atom. The van der Waals surface area contributed by atoms with E-state index in [2.05, 4.69) is 9.88 Å². The molecule has 2 aliphatic rings. The van der Waals surface area contributed by atoms with Crippen LogP contribution in [0.3, 0.4) is 0 Å². The van der Waals surface area contributed by atoms with Crippen LogP contribution in [-0.2, 0) is 9.47 Å². The number of methoxy groups -OCH3 is 1. The van der Waals surface area contributed by atoms with Crippen molar-refractivity contribution in [1.29, 1.82) is 0 Å². The average Bonchev–Trinajstić information content (AvgIpc) is 2.72. The standard InChI is InChI=1S/C19H29N3O4/c1-24-18-4-3-16(15-20-18)19(23)22(17-5-11-25-12-6-17)8-2-7-21-9-13-26-14-10-21/h3-4,15,17H,2,5-14H2,1H3. The van der Waals surface area contributed by atoms with Crippen LogP contribution < -0.4 is 4.74 Å². The molecule has 0 saturated carbocycles. The summed E-state index contributed by atoms with van der Waals surface area (Å²) in [4.78, 5) is 21.7. The van der Waals surface area contributed by atoms with Gasteiger partial charge in [0.2, 0.25) is 5.88 Å². The normalized spacial score (nSPS) is 19.3. The molecule has 0 aromatic carbocycles. The van der Waals surface area contributed by atoms with E-state index in [4.69, 9.17) is 14.2 Å². The highest BCUT2D eigenvalue weighted by Crippen LogP contribution is 2.19. The zero-order valence-electron chi connectivity index (χ0n) is 15.6. The van der Waals surface area contributed by atoms with Crippen LogP contribution in [-0.4, -0.2) is 86.4 Å². The first-order valence-electron chi connectivity index (χ1n) is 9.47. The molecule has 0 unspecified atom stereocenters. The van der Waals surface area contributed by atoms with Gasteiger partial charge in [0.05, 0.1) is 25.9 Å². The molecule has 26 heavy (non-hydrogen) atoms. The highest BCUT2D eigenvalue weighted by Gasteiger charge is 2.27. The van der Waals surface area contributed by atoms with E-state index >= 15 is 0 Å². The van der Waals surface area contributed by atoms with Crippen molar-refractivity contribution < 1.29 is 19.0 Å². The van der Waals surface area contributed by atoms with Gasteiger partial charge in [-0.05, 0) is 25.3 Å². The van der Waals surface area contributed by atoms with E-state index in [1.165, 1.54) is 0 Å². The van der Waals surface area contributed by atoms with Gasteiger partial charge in [0.1, 0.15) is 0 Å². The lowest BCUT2D eigenvalue weighted by atomic mass is 10.1. The van der Waals surface area contributed by atoms with Crippen LogP contribution in [0, 0.1) is 0 Å². The fourth-order valence-corrected chi connectivity index (χ4v) is 3.53. The third kappa shape index (κ3) is 5.16. The predicted molar refractivity (Wildman–Crippen MR) is 97.5 cm³/mol. The molecular formula is C19H29N3O4. The third-order valence-electron chi connectivity index (χ3n) is 5.06. The lowest BCUT2D eigenvalue weighted by molar-refractivity contribution is 0.0222. The Labute approximate surface area is 155 Å². The van der Waals surface area contributed by atoms with E-state index in [9.17, 15) is 4.79 Å². The van der Waals surface area contributed by atoms with Gasteiger partial charge >= 0.3 is 0 Å². The van der Waals surface area contributed by atoms with Gasteiger partial charge in [0.25, 0.3) is 5.91 Å². The van der Waals surface area contributed by atoms with Gasteiger partial charge in [-0.3, -0.25) is 9.69 Å². The molecule has 2 aliphatic heterocycles. The molecule has 0 spiro atoms. The molecule has 2 fully saturated rings. The molecule has 7 heteroatoms. The van der Waals surface area contributed by atoms with Crippen LogP contribution in [0.2, 0.25) is 0 Å². The summed E-state index contributed by atoms with van der Waals surface area (Å²) in [6.07, 6.45) is 4.36. The van der Waals surface area contributed by atoms with E-state index in [1.807, 2.05) is 4.90 Å². The minimum atomic E-state index is 0.0500. The number of morpholine rings is 1. The lowest BCUT2D eigenvalue weighted by Crippen LogP contribution is -2.45. The number of pyridine rings is 1. The predicted octanol–water partition coefficient (Wildman–Crippen LogP) is 1.43. The number of ether oxygens (including phenoxy) is 3. The van der Waals surface area contributed by atoms with Crippen molar-refractivity contribution in [3.05, 3.63) is 23.9 Å². The second-order valence-corrected chi connectivity index (χ2v) is 6.74. The quantitative estimate of drug-likeness (QED) is 0.730. The number of carbonyl (C=O) groups is 1. The summed E-state index contributed by atoms with van der Waals surface area (Å²) in [6, 6.07) is 3.77. The maximum absolute atomic E-state index is 13.1. The summed E-state index contributed by atoms with van der Waals surface area (Å²) in [6.45, 7) is 6.77. The number of amides is 1. The van der Waals surface area contributed by atoms with Crippen LogP contribution >= 0.6 is 0 Å². The summed E-state index contributed by atoms with van der Waals surface area (Å²) in [5.74, 6) is 0.570. The molecule has 0 radical (unpaired) electrons. The highest BCUT2D eigenvalue weighted by molar-refractivity contribution is 5.94. The first kappa shape index (κ1) is 19.1. The number of aromatic nitrogens is 1. The molecule has 2 saturated heterocycles. The van der Waals surface area contributed by atoms with E-state index < -0.39 is 0 Å². The molecular weight excluding hydrogens is 334 g/mol. The van der Waals surface area contributed by atoms with Gasteiger partial charge in [-0.2, -0.15) is 0 Å². The van der Waals surface area contributed by atoms with Gasteiger partial charge in [0, 0.05) is 57.7 Å². The second kappa shape index (κ2) is 9.85. The summed E-state index contributed by atoms with van der Waals surface area (Å²) in [5, 5.41) is 0. The van der Waals surface area contributed by atoms with Crippen LogP contribution in [0.15, 0.2) is 18.3 Å². The number of nitrogens with zero attached hydrogens (tertiary/aromatic N) is 3. The molecule has 0 aliphatic carbocycles. The van der Waals surface area contributed by atoms with Crippen molar-refractivity contribution >= 4 is 5.91 Å². The van der Waals surface area contributed by atoms with E-state index in [1.54, 1.807) is 25.4 Å². The molecule has 0 N–H and O–H groups in total. The second-order valence-electron chi connectivity index (χ2n) is 6.74. The number of hydrogen-bond acceptors (Lipinski definition) is 6. The lowest BCUT2D eigenvalue weighted by Gasteiger charge is -2.35. The van der Waals surface area contributed by atoms with Crippen molar-refractivity contribution in [2.75, 3.05) is 59.7 Å². The first-order valence-corrected chi connectivity index (χ1v) is 9.47. The zero-order chi connectivity index (χ0) is 18.2. The molecule has 3 rings (SSSR count). The molecule has 144 valence electrons. The van der Waals surface area contributed by atoms with E-state index in [0.717, 1.165) is 71.9 Å². The Bertz CT molecular complexity index is 554. The van der Waals surface area contributed by atoms with Gasteiger partial charge in [-0.25, -0.2) is 4.98 Å². The monoisotopic (exact) mass is 363 g/mol. The number of carbonyl (C=O) groups excluding carboxylic acids is 1. The van der Waals surface area contributed by atoms with Gasteiger partial charge in [0.15, 0.2) is 0 Å². The van der Waals surface area contributed by atoms with E-state index in [-0.39, 0.29) is 11.9 Å². The Balaban J connectivity index is 1.62. The maximum Gasteiger partial charge on any atom is 0.255 e. The molecule has 7 nitrogen and oxygen atoms in total.